The van der Waals surface area contributed by atoms with Crippen molar-refractivity contribution in [3.63, 3.8) is 0 Å². The van der Waals surface area contributed by atoms with Gasteiger partial charge in [-0.25, -0.2) is 0 Å². The van der Waals surface area contributed by atoms with Crippen molar-refractivity contribution in [2.75, 3.05) is 0 Å². The van der Waals surface area contributed by atoms with Gasteiger partial charge in [0.15, 0.2) is 0 Å². The van der Waals surface area contributed by atoms with E-state index in [9.17, 15) is 17.6 Å². The number of halogens is 9. The average Bonchev–Trinajstić information content (AvgIpc) is 1.99. The third-order valence-corrected chi connectivity index (χ3v) is 2.62. The zero-order valence-electron chi connectivity index (χ0n) is 6.69. The Morgan fingerprint density at radius 1 is 1.00 bits per heavy atom. The molecule has 90 valence electrons. The Bertz CT molecular complexity index is 258. The van der Waals surface area contributed by atoms with E-state index in [1.54, 1.807) is 0 Å². The minimum Gasteiger partial charge on any atom is -0.199 e. The molecule has 0 aliphatic carbocycles. The van der Waals surface area contributed by atoms with E-state index in [1.165, 1.54) is 0 Å². The minimum atomic E-state index is -4.71. The highest BCUT2D eigenvalue weighted by Gasteiger charge is 2.59. The summed E-state index contributed by atoms with van der Waals surface area (Å²) in [6, 6.07) is 0. The van der Waals surface area contributed by atoms with Gasteiger partial charge >= 0.3 is 11.8 Å². The summed E-state index contributed by atoms with van der Waals surface area (Å²) >= 11 is 24.6. The lowest BCUT2D eigenvalue weighted by Crippen LogP contribution is -2.42. The Kier molecular flexibility index (Phi) is 5.83. The van der Waals surface area contributed by atoms with Crippen LogP contribution in [0.2, 0.25) is 0 Å². The van der Waals surface area contributed by atoms with Gasteiger partial charge < -0.3 is 0 Å². The molecule has 0 atom stereocenters. The fourth-order valence-corrected chi connectivity index (χ4v) is 1.36. The summed E-state index contributed by atoms with van der Waals surface area (Å²) in [5.41, 5.74) is 0. The first-order valence-corrected chi connectivity index (χ1v) is 5.28. The summed E-state index contributed by atoms with van der Waals surface area (Å²) in [4.78, 5) is -1.66. The summed E-state index contributed by atoms with van der Waals surface area (Å²) < 4.78 is 50.6. The van der Waals surface area contributed by atoms with Crippen molar-refractivity contribution in [1.82, 2.24) is 0 Å². The number of alkyl halides is 6. The van der Waals surface area contributed by atoms with Crippen LogP contribution in [0.25, 0.3) is 0 Å². The maximum atomic E-state index is 13.0. The normalized spacial score (nSPS) is 13.2. The topological polar surface area (TPSA) is 0 Å². The maximum Gasteiger partial charge on any atom is 0.347 e. The van der Waals surface area contributed by atoms with Gasteiger partial charge in [0.1, 0.15) is 14.4 Å². The Labute approximate surface area is 108 Å². The fourth-order valence-electron chi connectivity index (χ4n) is 0.601. The van der Waals surface area contributed by atoms with E-state index in [-0.39, 0.29) is 0 Å². The van der Waals surface area contributed by atoms with E-state index in [2.05, 4.69) is 0 Å². The van der Waals surface area contributed by atoms with Crippen LogP contribution in [-0.4, -0.2) is 16.7 Å². The first-order chi connectivity index (χ1) is 6.52. The highest BCUT2D eigenvalue weighted by molar-refractivity contribution is 6.59. The Morgan fingerprint density at radius 2 is 1.40 bits per heavy atom. The van der Waals surface area contributed by atoms with Crippen molar-refractivity contribution in [3.8, 4) is 0 Å². The lowest BCUT2D eigenvalue weighted by molar-refractivity contribution is -0.183. The van der Waals surface area contributed by atoms with E-state index >= 15 is 0 Å². The molecule has 0 amide bonds. The first kappa shape index (κ1) is 15.9. The molecule has 0 fully saturated rings. The van der Waals surface area contributed by atoms with Gasteiger partial charge in [-0.1, -0.05) is 34.8 Å². The van der Waals surface area contributed by atoms with Gasteiger partial charge in [0.25, 0.3) is 0 Å². The molecule has 0 nitrogen and oxygen atoms in total. The molecule has 0 rings (SSSR count). The van der Waals surface area contributed by atoms with Gasteiger partial charge in [0.05, 0.1) is 0 Å². The molecule has 0 aromatic heterocycles. The smallest absolute Gasteiger partial charge is 0.199 e. The van der Waals surface area contributed by atoms with Gasteiger partial charge in [-0.05, 0) is 0 Å². The van der Waals surface area contributed by atoms with Crippen LogP contribution in [0.1, 0.15) is 6.42 Å². The van der Waals surface area contributed by atoms with Crippen molar-refractivity contribution in [1.29, 1.82) is 0 Å². The van der Waals surface area contributed by atoms with Gasteiger partial charge in [-0.3, -0.25) is 0 Å². The van der Waals surface area contributed by atoms with Crippen molar-refractivity contribution < 1.29 is 17.6 Å². The molecule has 0 saturated heterocycles. The van der Waals surface area contributed by atoms with Crippen LogP contribution < -0.4 is 0 Å². The molecule has 0 N–H and O–H groups in total. The number of allylic oxidation sites excluding steroid dienone is 1. The van der Waals surface area contributed by atoms with Crippen molar-refractivity contribution in [3.05, 3.63) is 9.52 Å². The largest absolute Gasteiger partial charge is 0.347 e. The van der Waals surface area contributed by atoms with E-state index in [0.717, 1.165) is 0 Å². The molecule has 0 aromatic carbocycles. The number of hydrogen-bond acceptors (Lipinski definition) is 0. The second-order valence-electron chi connectivity index (χ2n) is 2.45. The van der Waals surface area contributed by atoms with Crippen molar-refractivity contribution in [2.45, 2.75) is 23.1 Å². The van der Waals surface area contributed by atoms with Crippen molar-refractivity contribution in [2.24, 2.45) is 0 Å². The molecule has 0 spiro atoms. The summed E-state index contributed by atoms with van der Waals surface area (Å²) in [5, 5.41) is -1.65. The molecule has 0 heterocycles. The molecule has 0 unspecified atom stereocenters. The molecular weight excluding hydrogens is 325 g/mol. The van der Waals surface area contributed by atoms with Crippen LogP contribution in [0.3, 0.4) is 0 Å². The third-order valence-electron chi connectivity index (χ3n) is 1.31. The van der Waals surface area contributed by atoms with Crippen LogP contribution in [0, 0.1) is 0 Å². The molecule has 9 heteroatoms. The Hall–Kier alpha value is 0.910. The Balaban J connectivity index is 5.10. The fraction of sp³-hybridized carbons (Fsp3) is 0.667. The molecule has 0 aliphatic rings. The van der Waals surface area contributed by atoms with Gasteiger partial charge in [0, 0.05) is 6.42 Å². The Morgan fingerprint density at radius 3 is 1.67 bits per heavy atom. The molecule has 0 aliphatic heterocycles. The summed E-state index contributed by atoms with van der Waals surface area (Å²) in [5.74, 6) is -9.25. The standard InChI is InChI=1S/C6H3Cl5F4/c7-2(8)1-5(12,13)6(14,15)3(9)4(10)11/h2H,1H2. The van der Waals surface area contributed by atoms with E-state index in [0.29, 0.717) is 0 Å². The van der Waals surface area contributed by atoms with Crippen LogP contribution in [0.15, 0.2) is 9.52 Å². The van der Waals surface area contributed by atoms with Crippen LogP contribution in [0.4, 0.5) is 17.6 Å². The zero-order chi connectivity index (χ0) is 12.4. The zero-order valence-corrected chi connectivity index (χ0v) is 10.5. The first-order valence-electron chi connectivity index (χ1n) is 3.27. The maximum absolute atomic E-state index is 13.0. The summed E-state index contributed by atoms with van der Waals surface area (Å²) in [7, 11) is 0. The highest BCUT2D eigenvalue weighted by atomic mass is 35.5. The number of hydrogen-bond donors (Lipinski definition) is 0. The van der Waals surface area contributed by atoms with Crippen LogP contribution in [-0.2, 0) is 0 Å². The second kappa shape index (κ2) is 5.50. The average molecular weight is 328 g/mol. The predicted octanol–water partition coefficient (Wildman–Crippen LogP) is 5.34. The third kappa shape index (κ3) is 4.00. The summed E-state index contributed by atoms with van der Waals surface area (Å²) in [6.45, 7) is 0. The monoisotopic (exact) mass is 326 g/mol. The lowest BCUT2D eigenvalue weighted by atomic mass is 10.1. The molecule has 0 aromatic rings. The molecule has 0 bridgehead atoms. The molecule has 0 saturated carbocycles. The number of rotatable bonds is 4. The van der Waals surface area contributed by atoms with Crippen LogP contribution >= 0.6 is 58.0 Å². The van der Waals surface area contributed by atoms with Gasteiger partial charge in [0.2, 0.25) is 0 Å². The van der Waals surface area contributed by atoms with Gasteiger partial charge in [-0.15, -0.1) is 23.2 Å². The highest BCUT2D eigenvalue weighted by Crippen LogP contribution is 2.47. The second-order valence-corrected chi connectivity index (χ2v) is 5.05. The minimum absolute atomic E-state index is 1.14. The van der Waals surface area contributed by atoms with E-state index < -0.39 is 32.6 Å². The van der Waals surface area contributed by atoms with E-state index in [4.69, 9.17) is 58.0 Å². The summed E-state index contributed by atoms with van der Waals surface area (Å²) in [6.07, 6.45) is -1.47. The lowest BCUT2D eigenvalue weighted by Gasteiger charge is -2.26. The molecule has 0 radical (unpaired) electrons. The molecule has 15 heavy (non-hydrogen) atoms. The molecular formula is C6H3Cl5F4. The van der Waals surface area contributed by atoms with E-state index in [1.807, 2.05) is 0 Å². The van der Waals surface area contributed by atoms with Crippen LogP contribution in [0.5, 0.6) is 0 Å². The van der Waals surface area contributed by atoms with Crippen molar-refractivity contribution >= 4 is 58.0 Å². The SMILES string of the molecule is FC(F)(CC(Cl)Cl)C(F)(F)C(Cl)=C(Cl)Cl. The predicted molar refractivity (Wildman–Crippen MR) is 54.6 cm³/mol. The quantitative estimate of drug-likeness (QED) is 0.483. The van der Waals surface area contributed by atoms with Gasteiger partial charge in [-0.2, -0.15) is 17.6 Å².